The summed E-state index contributed by atoms with van der Waals surface area (Å²) in [7, 11) is 3.05. The number of methoxy groups -OCH3 is 1. The molecule has 0 saturated heterocycles. The van der Waals surface area contributed by atoms with E-state index in [2.05, 4.69) is 25.1 Å². The number of imidazole rings is 1. The van der Waals surface area contributed by atoms with Crippen LogP contribution in [0.15, 0.2) is 56.5 Å². The standard InChI is InChI=1S/C25H21N9O4/c1-32-21(28-19(20(37-2)24(32)35)23-27-16-8-3-4-9-18(16)38-23)22-26-15-11-10-14(34-25(36)29-30-31-34)12-17(15)33(22)13-6-5-7-13/h3-4,8-13H,5-7H2,1-2H3,(H,29,31,36). The Balaban J connectivity index is 1.48. The van der Waals surface area contributed by atoms with E-state index in [4.69, 9.17) is 19.1 Å². The molecule has 4 heterocycles. The average Bonchev–Trinajstić information content (AvgIpc) is 3.61. The molecule has 1 N–H and O–H groups in total. The fraction of sp³-hybridized carbons (Fsp3) is 0.240. The number of nitrogens with one attached hydrogen (secondary N) is 1. The number of aromatic amines is 1. The van der Waals surface area contributed by atoms with Gasteiger partial charge in [-0.05, 0) is 60.0 Å². The molecule has 4 aromatic heterocycles. The van der Waals surface area contributed by atoms with Gasteiger partial charge in [0.1, 0.15) is 5.52 Å². The number of hydrogen-bond acceptors (Lipinski definition) is 9. The second kappa shape index (κ2) is 8.23. The van der Waals surface area contributed by atoms with Gasteiger partial charge in [0, 0.05) is 13.1 Å². The van der Waals surface area contributed by atoms with E-state index in [-0.39, 0.29) is 23.4 Å². The fourth-order valence-electron chi connectivity index (χ4n) is 4.84. The number of ether oxygens (including phenoxy) is 1. The molecule has 0 aliphatic heterocycles. The van der Waals surface area contributed by atoms with E-state index in [1.807, 2.05) is 30.3 Å². The quantitative estimate of drug-likeness (QED) is 0.368. The maximum Gasteiger partial charge on any atom is 0.365 e. The van der Waals surface area contributed by atoms with Crippen LogP contribution in [0, 0.1) is 0 Å². The van der Waals surface area contributed by atoms with Crippen LogP contribution >= 0.6 is 0 Å². The zero-order chi connectivity index (χ0) is 26.0. The van der Waals surface area contributed by atoms with Crippen LogP contribution in [0.1, 0.15) is 25.3 Å². The predicted molar refractivity (Wildman–Crippen MR) is 136 cm³/mol. The van der Waals surface area contributed by atoms with E-state index in [0.29, 0.717) is 34.0 Å². The van der Waals surface area contributed by atoms with Crippen LogP contribution in [-0.4, -0.2) is 51.4 Å². The Morgan fingerprint density at radius 2 is 1.87 bits per heavy atom. The number of oxazole rings is 1. The number of aromatic nitrogens is 9. The van der Waals surface area contributed by atoms with Crippen molar-refractivity contribution in [1.29, 1.82) is 0 Å². The first-order chi connectivity index (χ1) is 18.5. The Labute approximate surface area is 213 Å². The van der Waals surface area contributed by atoms with Crippen LogP contribution in [0.25, 0.3) is 51.1 Å². The summed E-state index contributed by atoms with van der Waals surface area (Å²) in [4.78, 5) is 39.9. The molecule has 190 valence electrons. The summed E-state index contributed by atoms with van der Waals surface area (Å²) in [6, 6.07) is 12.9. The van der Waals surface area contributed by atoms with Gasteiger partial charge in [-0.3, -0.25) is 9.36 Å². The van der Waals surface area contributed by atoms with Gasteiger partial charge in [0.25, 0.3) is 5.56 Å². The van der Waals surface area contributed by atoms with E-state index in [1.54, 1.807) is 19.2 Å². The zero-order valence-electron chi connectivity index (χ0n) is 20.5. The smallest absolute Gasteiger partial charge is 0.365 e. The first-order valence-corrected chi connectivity index (χ1v) is 12.1. The lowest BCUT2D eigenvalue weighted by Gasteiger charge is -2.29. The Morgan fingerprint density at radius 3 is 2.58 bits per heavy atom. The van der Waals surface area contributed by atoms with Crippen molar-refractivity contribution in [2.24, 2.45) is 7.05 Å². The molecule has 6 aromatic rings. The number of benzene rings is 2. The molecule has 13 heteroatoms. The molecule has 0 amide bonds. The Hall–Kier alpha value is -5.07. The van der Waals surface area contributed by atoms with Crippen LogP contribution in [0.2, 0.25) is 0 Å². The Kier molecular flexibility index (Phi) is 4.80. The molecule has 13 nitrogen and oxygen atoms in total. The third kappa shape index (κ3) is 3.21. The molecule has 0 radical (unpaired) electrons. The van der Waals surface area contributed by atoms with Gasteiger partial charge < -0.3 is 13.7 Å². The van der Waals surface area contributed by atoms with Crippen LogP contribution in [-0.2, 0) is 7.05 Å². The molecule has 1 aliphatic rings. The highest BCUT2D eigenvalue weighted by atomic mass is 16.5. The average molecular weight is 512 g/mol. The first kappa shape index (κ1) is 22.2. The molecular formula is C25H21N9O4. The lowest BCUT2D eigenvalue weighted by molar-refractivity contribution is 0.322. The number of tetrazole rings is 1. The summed E-state index contributed by atoms with van der Waals surface area (Å²) in [5, 5.41) is 9.75. The summed E-state index contributed by atoms with van der Waals surface area (Å²) in [6.45, 7) is 0. The fourth-order valence-corrected chi connectivity index (χ4v) is 4.84. The van der Waals surface area contributed by atoms with Crippen LogP contribution in [0.5, 0.6) is 5.75 Å². The predicted octanol–water partition coefficient (Wildman–Crippen LogP) is 2.61. The number of fused-ring (bicyclic) bond motifs is 2. The normalized spacial score (nSPS) is 13.8. The van der Waals surface area contributed by atoms with Crippen molar-refractivity contribution < 1.29 is 9.15 Å². The van der Waals surface area contributed by atoms with Crippen LogP contribution in [0.4, 0.5) is 0 Å². The highest BCUT2D eigenvalue weighted by Crippen LogP contribution is 2.39. The lowest BCUT2D eigenvalue weighted by atomic mass is 9.92. The minimum absolute atomic E-state index is 0.0294. The second-order valence-corrected chi connectivity index (χ2v) is 9.15. The molecule has 2 aromatic carbocycles. The van der Waals surface area contributed by atoms with Crippen LogP contribution in [0.3, 0.4) is 0 Å². The maximum absolute atomic E-state index is 13.5. The lowest BCUT2D eigenvalue weighted by Crippen LogP contribution is -2.25. The number of hydrogen-bond donors (Lipinski definition) is 1. The molecule has 38 heavy (non-hydrogen) atoms. The van der Waals surface area contributed by atoms with Gasteiger partial charge in [-0.2, -0.15) is 4.68 Å². The van der Waals surface area contributed by atoms with Gasteiger partial charge in [0.15, 0.2) is 22.9 Å². The third-order valence-corrected chi connectivity index (χ3v) is 6.98. The van der Waals surface area contributed by atoms with Crippen molar-refractivity contribution in [3.63, 3.8) is 0 Å². The summed E-state index contributed by atoms with van der Waals surface area (Å²) in [5.74, 6) is 1.08. The summed E-state index contributed by atoms with van der Waals surface area (Å²) >= 11 is 0. The SMILES string of the molecule is COc1c(-c2nc3ccccc3o2)nc(-c2nc3ccc(-n4nn[nH]c4=O)cc3n2C2CCC2)n(C)c1=O. The molecule has 0 bridgehead atoms. The molecule has 0 spiro atoms. The van der Waals surface area contributed by atoms with E-state index < -0.39 is 11.2 Å². The van der Waals surface area contributed by atoms with E-state index in [9.17, 15) is 9.59 Å². The summed E-state index contributed by atoms with van der Waals surface area (Å²) in [5.41, 5.74) is 2.62. The zero-order valence-corrected chi connectivity index (χ0v) is 20.5. The topological polar surface area (TPSA) is 152 Å². The van der Waals surface area contributed by atoms with Crippen LogP contribution < -0.4 is 16.0 Å². The maximum atomic E-state index is 13.5. The largest absolute Gasteiger partial charge is 0.489 e. The summed E-state index contributed by atoms with van der Waals surface area (Å²) < 4.78 is 16.1. The molecule has 1 fully saturated rings. The second-order valence-electron chi connectivity index (χ2n) is 9.15. The van der Waals surface area contributed by atoms with Gasteiger partial charge in [0.2, 0.25) is 11.6 Å². The molecule has 0 atom stereocenters. The number of para-hydroxylation sites is 2. The number of nitrogens with zero attached hydrogens (tertiary/aromatic N) is 8. The highest BCUT2D eigenvalue weighted by molar-refractivity contribution is 5.82. The Morgan fingerprint density at radius 1 is 1.03 bits per heavy atom. The van der Waals surface area contributed by atoms with Gasteiger partial charge in [-0.1, -0.05) is 12.1 Å². The van der Waals surface area contributed by atoms with Crippen molar-refractivity contribution in [3.8, 4) is 34.7 Å². The molecule has 0 unspecified atom stereocenters. The molecule has 7 rings (SSSR count). The van der Waals surface area contributed by atoms with E-state index >= 15 is 0 Å². The van der Waals surface area contributed by atoms with Gasteiger partial charge in [-0.15, -0.1) is 0 Å². The molecule has 1 saturated carbocycles. The minimum atomic E-state index is -0.443. The summed E-state index contributed by atoms with van der Waals surface area (Å²) in [6.07, 6.45) is 2.98. The number of rotatable bonds is 5. The van der Waals surface area contributed by atoms with Crippen molar-refractivity contribution in [2.75, 3.05) is 7.11 Å². The third-order valence-electron chi connectivity index (χ3n) is 6.98. The van der Waals surface area contributed by atoms with Crippen molar-refractivity contribution in [2.45, 2.75) is 25.3 Å². The van der Waals surface area contributed by atoms with Crippen molar-refractivity contribution in [1.82, 2.24) is 44.3 Å². The van der Waals surface area contributed by atoms with Gasteiger partial charge in [-0.25, -0.2) is 24.8 Å². The molecule has 1 aliphatic carbocycles. The number of H-pyrrole nitrogens is 1. The highest BCUT2D eigenvalue weighted by Gasteiger charge is 2.29. The van der Waals surface area contributed by atoms with E-state index in [1.165, 1.54) is 16.4 Å². The molecular weight excluding hydrogens is 490 g/mol. The Bertz CT molecular complexity index is 1940. The minimum Gasteiger partial charge on any atom is -0.489 e. The van der Waals surface area contributed by atoms with E-state index in [0.717, 1.165) is 24.8 Å². The monoisotopic (exact) mass is 511 g/mol. The van der Waals surface area contributed by atoms with Crippen molar-refractivity contribution in [3.05, 3.63) is 63.3 Å². The first-order valence-electron chi connectivity index (χ1n) is 12.1. The van der Waals surface area contributed by atoms with Gasteiger partial charge >= 0.3 is 5.69 Å². The van der Waals surface area contributed by atoms with Gasteiger partial charge in [0.05, 0.1) is 23.8 Å². The van der Waals surface area contributed by atoms with Crippen molar-refractivity contribution >= 4 is 22.1 Å².